The molecule has 1 aromatic rings. The first-order valence-corrected chi connectivity index (χ1v) is 9.12. The fourth-order valence-electron chi connectivity index (χ4n) is 3.64. The van der Waals surface area contributed by atoms with Gasteiger partial charge in [0.1, 0.15) is 17.8 Å². The molecule has 8 nitrogen and oxygen atoms in total. The normalized spacial score (nSPS) is 25.5. The van der Waals surface area contributed by atoms with E-state index in [0.717, 1.165) is 17.7 Å². The Balaban J connectivity index is 1.72. The Morgan fingerprint density at radius 1 is 1.33 bits per heavy atom. The van der Waals surface area contributed by atoms with E-state index < -0.39 is 17.5 Å². The first kappa shape index (κ1) is 19.2. The monoisotopic (exact) mass is 374 g/mol. The van der Waals surface area contributed by atoms with Crippen LogP contribution in [0.25, 0.3) is 0 Å². The van der Waals surface area contributed by atoms with Crippen LogP contribution in [-0.4, -0.2) is 67.5 Å². The Kier molecular flexibility index (Phi) is 5.36. The van der Waals surface area contributed by atoms with E-state index in [1.54, 1.807) is 43.2 Å². The lowest BCUT2D eigenvalue weighted by Gasteiger charge is -2.33. The van der Waals surface area contributed by atoms with Gasteiger partial charge in [-0.1, -0.05) is 12.1 Å². The van der Waals surface area contributed by atoms with Gasteiger partial charge in [-0.2, -0.15) is 0 Å². The summed E-state index contributed by atoms with van der Waals surface area (Å²) in [6.07, 6.45) is 1.92. The largest absolute Gasteiger partial charge is 0.497 e. The molecule has 2 aliphatic heterocycles. The summed E-state index contributed by atoms with van der Waals surface area (Å²) >= 11 is 0. The summed E-state index contributed by atoms with van der Waals surface area (Å²) in [6, 6.07) is 6.65. The number of rotatable bonds is 5. The predicted octanol–water partition coefficient (Wildman–Crippen LogP) is 0.673. The fourth-order valence-corrected chi connectivity index (χ4v) is 3.64. The van der Waals surface area contributed by atoms with E-state index in [0.29, 0.717) is 24.4 Å². The van der Waals surface area contributed by atoms with Crippen LogP contribution in [0.5, 0.6) is 5.75 Å². The van der Waals surface area contributed by atoms with Gasteiger partial charge < -0.3 is 20.3 Å². The highest BCUT2D eigenvalue weighted by Gasteiger charge is 2.49. The molecule has 0 aliphatic carbocycles. The quantitative estimate of drug-likeness (QED) is 0.740. The van der Waals surface area contributed by atoms with Crippen LogP contribution in [0.3, 0.4) is 0 Å². The second kappa shape index (κ2) is 7.56. The highest BCUT2D eigenvalue weighted by molar-refractivity contribution is 6.09. The number of nitrogens with zero attached hydrogens (tertiary/aromatic N) is 2. The van der Waals surface area contributed by atoms with Crippen LogP contribution in [0, 0.1) is 0 Å². The zero-order valence-corrected chi connectivity index (χ0v) is 15.9. The van der Waals surface area contributed by atoms with Crippen LogP contribution in [0.1, 0.15) is 25.3 Å². The predicted molar refractivity (Wildman–Crippen MR) is 99.3 cm³/mol. The van der Waals surface area contributed by atoms with Crippen LogP contribution < -0.4 is 15.4 Å². The summed E-state index contributed by atoms with van der Waals surface area (Å²) in [5.41, 5.74) is -0.552. The third-order valence-electron chi connectivity index (χ3n) is 5.42. The topological polar surface area (TPSA) is 91.0 Å². The van der Waals surface area contributed by atoms with Crippen molar-refractivity contribution in [2.75, 3.05) is 33.8 Å². The number of carbonyl (C=O) groups is 3. The second-order valence-electron chi connectivity index (χ2n) is 7.14. The minimum absolute atomic E-state index is 0.211. The summed E-state index contributed by atoms with van der Waals surface area (Å²) < 4.78 is 5.13. The summed E-state index contributed by atoms with van der Waals surface area (Å²) in [5.74, 6) is 0.0287. The molecule has 8 heteroatoms. The molecule has 2 N–H and O–H groups in total. The molecule has 146 valence electrons. The zero-order chi connectivity index (χ0) is 19.6. The minimum Gasteiger partial charge on any atom is -0.497 e. The Morgan fingerprint density at radius 2 is 2.04 bits per heavy atom. The van der Waals surface area contributed by atoms with Crippen molar-refractivity contribution in [2.45, 2.75) is 31.3 Å². The molecule has 2 atom stereocenters. The molecule has 1 aromatic carbocycles. The molecule has 2 aliphatic rings. The van der Waals surface area contributed by atoms with Crippen molar-refractivity contribution >= 4 is 17.8 Å². The number of imide groups is 1. The van der Waals surface area contributed by atoms with E-state index in [1.165, 1.54) is 0 Å². The number of hydrogen-bond acceptors (Lipinski definition) is 5. The number of methoxy groups -OCH3 is 1. The van der Waals surface area contributed by atoms with Gasteiger partial charge in [-0.15, -0.1) is 0 Å². The smallest absolute Gasteiger partial charge is 0.325 e. The minimum atomic E-state index is -1.20. The standard InChI is InChI=1S/C19H26N4O4/c1-19(13-6-8-15(27-3)9-7-13)17(25)23(18(26)21-19)12-16(24)22-10-4-5-14(11-22)20-2/h6-9,14,20H,4-5,10-12H2,1-3H3,(H,21,26). The molecular formula is C19H26N4O4. The first-order valence-electron chi connectivity index (χ1n) is 9.12. The van der Waals surface area contributed by atoms with Gasteiger partial charge in [-0.3, -0.25) is 14.5 Å². The van der Waals surface area contributed by atoms with Crippen LogP contribution in [0.2, 0.25) is 0 Å². The number of piperidine rings is 1. The van der Waals surface area contributed by atoms with Gasteiger partial charge in [0.15, 0.2) is 0 Å². The summed E-state index contributed by atoms with van der Waals surface area (Å²) in [7, 11) is 3.43. The third-order valence-corrected chi connectivity index (χ3v) is 5.42. The van der Waals surface area contributed by atoms with Gasteiger partial charge in [0.05, 0.1) is 7.11 Å². The van der Waals surface area contributed by atoms with Gasteiger partial charge in [0.25, 0.3) is 5.91 Å². The maximum atomic E-state index is 13.0. The van der Waals surface area contributed by atoms with Crippen LogP contribution in [0.15, 0.2) is 24.3 Å². The number of amides is 4. The van der Waals surface area contributed by atoms with E-state index in [4.69, 9.17) is 4.74 Å². The third kappa shape index (κ3) is 3.62. The highest BCUT2D eigenvalue weighted by atomic mass is 16.5. The van der Waals surface area contributed by atoms with E-state index in [1.807, 2.05) is 7.05 Å². The van der Waals surface area contributed by atoms with Gasteiger partial charge in [-0.25, -0.2) is 4.79 Å². The van der Waals surface area contributed by atoms with Crippen molar-refractivity contribution in [3.8, 4) is 5.75 Å². The fraction of sp³-hybridized carbons (Fsp3) is 0.526. The lowest BCUT2D eigenvalue weighted by atomic mass is 9.92. The van der Waals surface area contributed by atoms with Crippen LogP contribution in [0.4, 0.5) is 4.79 Å². The number of hydrogen-bond donors (Lipinski definition) is 2. The van der Waals surface area contributed by atoms with E-state index in [-0.39, 0.29) is 18.5 Å². The number of benzene rings is 1. The molecule has 0 bridgehead atoms. The number of likely N-dealkylation sites (tertiary alicyclic amines) is 1. The average molecular weight is 374 g/mol. The lowest BCUT2D eigenvalue weighted by Crippen LogP contribution is -2.50. The Labute approximate surface area is 158 Å². The maximum Gasteiger partial charge on any atom is 0.325 e. The molecule has 0 radical (unpaired) electrons. The maximum absolute atomic E-state index is 13.0. The van der Waals surface area contributed by atoms with E-state index in [2.05, 4.69) is 10.6 Å². The summed E-state index contributed by atoms with van der Waals surface area (Å²) in [4.78, 5) is 40.8. The number of nitrogens with one attached hydrogen (secondary N) is 2. The highest BCUT2D eigenvalue weighted by Crippen LogP contribution is 2.30. The van der Waals surface area contributed by atoms with Crippen LogP contribution in [-0.2, 0) is 15.1 Å². The molecule has 2 saturated heterocycles. The molecule has 0 spiro atoms. The molecule has 0 saturated carbocycles. The molecule has 4 amide bonds. The molecule has 0 aromatic heterocycles. The van der Waals surface area contributed by atoms with Gasteiger partial charge in [-0.05, 0) is 44.5 Å². The number of carbonyl (C=O) groups excluding carboxylic acids is 3. The molecule has 2 fully saturated rings. The SMILES string of the molecule is CNC1CCCN(C(=O)CN2C(=O)NC(C)(c3ccc(OC)cc3)C2=O)C1. The van der Waals surface area contributed by atoms with E-state index in [9.17, 15) is 14.4 Å². The van der Waals surface area contributed by atoms with Crippen molar-refractivity contribution in [3.63, 3.8) is 0 Å². The lowest BCUT2D eigenvalue weighted by molar-refractivity contribution is -0.139. The molecule has 3 rings (SSSR count). The number of ether oxygens (including phenoxy) is 1. The van der Waals surface area contributed by atoms with Gasteiger partial charge >= 0.3 is 6.03 Å². The van der Waals surface area contributed by atoms with Crippen LogP contribution >= 0.6 is 0 Å². The number of urea groups is 1. The molecule has 2 unspecified atom stereocenters. The van der Waals surface area contributed by atoms with Crippen molar-refractivity contribution in [1.82, 2.24) is 20.4 Å². The first-order chi connectivity index (χ1) is 12.9. The molecule has 27 heavy (non-hydrogen) atoms. The Morgan fingerprint density at radius 3 is 2.67 bits per heavy atom. The summed E-state index contributed by atoms with van der Waals surface area (Å²) in [6.45, 7) is 2.65. The summed E-state index contributed by atoms with van der Waals surface area (Å²) in [5, 5.41) is 5.91. The Bertz CT molecular complexity index is 736. The average Bonchev–Trinajstić information content (AvgIpc) is 2.92. The molecular weight excluding hydrogens is 348 g/mol. The number of likely N-dealkylation sites (N-methyl/N-ethyl adjacent to an activating group) is 1. The van der Waals surface area contributed by atoms with Gasteiger partial charge in [0, 0.05) is 19.1 Å². The van der Waals surface area contributed by atoms with Crippen molar-refractivity contribution in [2.24, 2.45) is 0 Å². The van der Waals surface area contributed by atoms with Crippen molar-refractivity contribution in [1.29, 1.82) is 0 Å². The Hall–Kier alpha value is -2.61. The second-order valence-corrected chi connectivity index (χ2v) is 7.14. The molecule has 2 heterocycles. The van der Waals surface area contributed by atoms with Gasteiger partial charge in [0.2, 0.25) is 5.91 Å². The van der Waals surface area contributed by atoms with E-state index >= 15 is 0 Å². The van der Waals surface area contributed by atoms with Crippen molar-refractivity contribution in [3.05, 3.63) is 29.8 Å². The van der Waals surface area contributed by atoms with Crippen molar-refractivity contribution < 1.29 is 19.1 Å². The zero-order valence-electron chi connectivity index (χ0n) is 15.9.